The summed E-state index contributed by atoms with van der Waals surface area (Å²) in [5.74, 6) is -0.291. The Balaban J connectivity index is 2.09. The summed E-state index contributed by atoms with van der Waals surface area (Å²) in [6.45, 7) is 2.31. The number of rotatable bonds is 4. The van der Waals surface area contributed by atoms with Crippen molar-refractivity contribution in [2.75, 3.05) is 13.7 Å². The van der Waals surface area contributed by atoms with Crippen LogP contribution in [0.1, 0.15) is 37.8 Å². The first-order valence-electron chi connectivity index (χ1n) is 7.30. The summed E-state index contributed by atoms with van der Waals surface area (Å²) in [6.07, 6.45) is 1.69. The number of benzene rings is 1. The van der Waals surface area contributed by atoms with Crippen LogP contribution < -0.4 is 10.1 Å². The van der Waals surface area contributed by atoms with Crippen LogP contribution in [0.3, 0.4) is 0 Å². The van der Waals surface area contributed by atoms with Gasteiger partial charge in [0.15, 0.2) is 0 Å². The molecule has 5 nitrogen and oxygen atoms in total. The fourth-order valence-electron chi connectivity index (χ4n) is 2.44. The van der Waals surface area contributed by atoms with E-state index in [-0.39, 0.29) is 24.3 Å². The molecule has 1 aromatic carbocycles. The first-order valence-corrected chi connectivity index (χ1v) is 7.68. The Kier molecular flexibility index (Phi) is 5.66. The molecule has 1 aliphatic rings. The van der Waals surface area contributed by atoms with E-state index >= 15 is 0 Å². The van der Waals surface area contributed by atoms with Crippen LogP contribution in [-0.4, -0.2) is 25.6 Å². The monoisotopic (exact) mass is 325 g/mol. The molecule has 120 valence electrons. The molecular formula is C16H20ClNO4. The molecule has 0 saturated carbocycles. The minimum atomic E-state index is -0.438. The quantitative estimate of drug-likeness (QED) is 0.865. The number of ether oxygens (including phenoxy) is 2. The molecule has 0 fully saturated rings. The third-order valence-corrected chi connectivity index (χ3v) is 3.95. The molecule has 0 saturated heterocycles. The third kappa shape index (κ3) is 4.13. The molecule has 1 heterocycles. The number of hydrogen-bond donors (Lipinski definition) is 1. The van der Waals surface area contributed by atoms with Crippen LogP contribution in [0.2, 0.25) is 5.02 Å². The molecule has 22 heavy (non-hydrogen) atoms. The van der Waals surface area contributed by atoms with Gasteiger partial charge in [0.05, 0.1) is 26.2 Å². The SMILES string of the molecule is COC(=O)C[C@H](C)C(=O)N[C@@H]1CCCOc2cc(Cl)ccc21. The maximum atomic E-state index is 12.3. The zero-order chi connectivity index (χ0) is 16.1. The van der Waals surface area contributed by atoms with E-state index in [0.717, 1.165) is 18.4 Å². The maximum Gasteiger partial charge on any atom is 0.306 e. The van der Waals surface area contributed by atoms with Gasteiger partial charge in [-0.3, -0.25) is 9.59 Å². The molecule has 0 aliphatic carbocycles. The van der Waals surface area contributed by atoms with Crippen molar-refractivity contribution in [1.82, 2.24) is 5.32 Å². The lowest BCUT2D eigenvalue weighted by Gasteiger charge is -2.20. The average molecular weight is 326 g/mol. The molecule has 0 radical (unpaired) electrons. The number of hydrogen-bond acceptors (Lipinski definition) is 4. The second kappa shape index (κ2) is 7.49. The highest BCUT2D eigenvalue weighted by atomic mass is 35.5. The molecule has 0 unspecified atom stereocenters. The van der Waals surface area contributed by atoms with Crippen molar-refractivity contribution < 1.29 is 19.1 Å². The molecule has 1 aliphatic heterocycles. The van der Waals surface area contributed by atoms with E-state index in [1.54, 1.807) is 19.1 Å². The van der Waals surface area contributed by atoms with E-state index in [0.29, 0.717) is 17.4 Å². The minimum Gasteiger partial charge on any atom is -0.493 e. The summed E-state index contributed by atoms with van der Waals surface area (Å²) in [5, 5.41) is 3.60. The minimum absolute atomic E-state index is 0.0685. The number of methoxy groups -OCH3 is 1. The van der Waals surface area contributed by atoms with E-state index in [4.69, 9.17) is 16.3 Å². The van der Waals surface area contributed by atoms with Gasteiger partial charge in [0.2, 0.25) is 5.91 Å². The lowest BCUT2D eigenvalue weighted by Crippen LogP contribution is -2.33. The Hall–Kier alpha value is -1.75. The van der Waals surface area contributed by atoms with Crippen LogP contribution >= 0.6 is 11.6 Å². The van der Waals surface area contributed by atoms with Gasteiger partial charge >= 0.3 is 5.97 Å². The zero-order valence-corrected chi connectivity index (χ0v) is 13.5. The van der Waals surface area contributed by atoms with Crippen LogP contribution in [0, 0.1) is 5.92 Å². The standard InChI is InChI=1S/C16H20ClNO4/c1-10(8-15(19)21-2)16(20)18-13-4-3-7-22-14-9-11(17)5-6-12(13)14/h5-6,9-10,13H,3-4,7-8H2,1-2H3,(H,18,20)/t10-,13+/m0/s1. The number of halogens is 1. The summed E-state index contributed by atoms with van der Waals surface area (Å²) in [4.78, 5) is 23.5. The van der Waals surface area contributed by atoms with Gasteiger partial charge in [0.1, 0.15) is 5.75 Å². The van der Waals surface area contributed by atoms with Crippen molar-refractivity contribution >= 4 is 23.5 Å². The second-order valence-corrected chi connectivity index (χ2v) is 5.85. The van der Waals surface area contributed by atoms with E-state index in [2.05, 4.69) is 10.1 Å². The van der Waals surface area contributed by atoms with E-state index in [1.165, 1.54) is 7.11 Å². The predicted molar refractivity (Wildman–Crippen MR) is 82.9 cm³/mol. The second-order valence-electron chi connectivity index (χ2n) is 5.42. The van der Waals surface area contributed by atoms with Crippen LogP contribution in [0.25, 0.3) is 0 Å². The predicted octanol–water partition coefficient (Wildman–Crippen LogP) is 2.87. The third-order valence-electron chi connectivity index (χ3n) is 3.71. The van der Waals surface area contributed by atoms with E-state index < -0.39 is 5.92 Å². The van der Waals surface area contributed by atoms with Gasteiger partial charge in [-0.05, 0) is 25.0 Å². The molecule has 1 amide bonds. The Morgan fingerprint density at radius 1 is 1.50 bits per heavy atom. The van der Waals surface area contributed by atoms with Gasteiger partial charge < -0.3 is 14.8 Å². The topological polar surface area (TPSA) is 64.6 Å². The van der Waals surface area contributed by atoms with Crippen molar-refractivity contribution in [3.05, 3.63) is 28.8 Å². The number of carbonyl (C=O) groups excluding carboxylic acids is 2. The van der Waals surface area contributed by atoms with Crippen LogP contribution in [-0.2, 0) is 14.3 Å². The molecule has 1 N–H and O–H groups in total. The fraction of sp³-hybridized carbons (Fsp3) is 0.500. The lowest BCUT2D eigenvalue weighted by atomic mass is 10.00. The molecule has 1 aromatic rings. The summed E-state index contributed by atoms with van der Waals surface area (Å²) >= 11 is 5.99. The summed E-state index contributed by atoms with van der Waals surface area (Å²) < 4.78 is 10.3. The molecule has 0 bridgehead atoms. The van der Waals surface area contributed by atoms with Crippen molar-refractivity contribution in [3.63, 3.8) is 0 Å². The summed E-state index contributed by atoms with van der Waals surface area (Å²) in [7, 11) is 1.32. The lowest BCUT2D eigenvalue weighted by molar-refractivity contribution is -0.144. The molecule has 0 spiro atoms. The smallest absolute Gasteiger partial charge is 0.306 e. The Morgan fingerprint density at radius 3 is 3.00 bits per heavy atom. The average Bonchev–Trinajstić information content (AvgIpc) is 2.68. The van der Waals surface area contributed by atoms with Crippen LogP contribution in [0.4, 0.5) is 0 Å². The van der Waals surface area contributed by atoms with Gasteiger partial charge in [-0.25, -0.2) is 0 Å². The van der Waals surface area contributed by atoms with Gasteiger partial charge in [-0.2, -0.15) is 0 Å². The molecular weight excluding hydrogens is 306 g/mol. The number of nitrogens with one attached hydrogen (secondary N) is 1. The normalized spacial score (nSPS) is 18.4. The Bertz CT molecular complexity index is 561. The molecule has 2 atom stereocenters. The Labute approximate surface area is 134 Å². The zero-order valence-electron chi connectivity index (χ0n) is 12.7. The number of esters is 1. The summed E-state index contributed by atoms with van der Waals surface area (Å²) in [5.41, 5.74) is 0.917. The van der Waals surface area contributed by atoms with Gasteiger partial charge in [-0.15, -0.1) is 0 Å². The highest BCUT2D eigenvalue weighted by Gasteiger charge is 2.25. The Morgan fingerprint density at radius 2 is 2.27 bits per heavy atom. The highest BCUT2D eigenvalue weighted by Crippen LogP contribution is 2.33. The van der Waals surface area contributed by atoms with E-state index in [9.17, 15) is 9.59 Å². The van der Waals surface area contributed by atoms with Crippen molar-refractivity contribution in [1.29, 1.82) is 0 Å². The van der Waals surface area contributed by atoms with E-state index in [1.807, 2.05) is 6.07 Å². The first kappa shape index (κ1) is 16.6. The van der Waals surface area contributed by atoms with Crippen LogP contribution in [0.5, 0.6) is 5.75 Å². The van der Waals surface area contributed by atoms with Gasteiger partial charge in [0, 0.05) is 16.5 Å². The first-order chi connectivity index (χ1) is 10.5. The highest BCUT2D eigenvalue weighted by molar-refractivity contribution is 6.30. The van der Waals surface area contributed by atoms with Crippen molar-refractivity contribution in [3.8, 4) is 5.75 Å². The maximum absolute atomic E-state index is 12.3. The van der Waals surface area contributed by atoms with Crippen molar-refractivity contribution in [2.24, 2.45) is 5.92 Å². The number of carbonyl (C=O) groups is 2. The van der Waals surface area contributed by atoms with Crippen LogP contribution in [0.15, 0.2) is 18.2 Å². The molecule has 0 aromatic heterocycles. The number of amides is 1. The largest absolute Gasteiger partial charge is 0.493 e. The van der Waals surface area contributed by atoms with Crippen molar-refractivity contribution in [2.45, 2.75) is 32.2 Å². The van der Waals surface area contributed by atoms with Gasteiger partial charge in [0.25, 0.3) is 0 Å². The fourth-order valence-corrected chi connectivity index (χ4v) is 2.60. The molecule has 6 heteroatoms. The molecule has 2 rings (SSSR count). The van der Waals surface area contributed by atoms with Gasteiger partial charge in [-0.1, -0.05) is 24.6 Å². The number of fused-ring (bicyclic) bond motifs is 1. The summed E-state index contributed by atoms with van der Waals surface area (Å²) in [6, 6.07) is 5.28.